The first-order chi connectivity index (χ1) is 7.49. The third-order valence-corrected chi connectivity index (χ3v) is 2.66. The molecular formula is C9H10BrFN2O3. The van der Waals surface area contributed by atoms with Crippen molar-refractivity contribution < 1.29 is 14.4 Å². The lowest BCUT2D eigenvalue weighted by Gasteiger charge is -2.06. The summed E-state index contributed by atoms with van der Waals surface area (Å²) in [5, 5.41) is 20.1. The number of aryl methyl sites for hydroxylation is 1. The van der Waals surface area contributed by atoms with Gasteiger partial charge in [0.2, 0.25) is 11.6 Å². The molecule has 0 aliphatic heterocycles. The Morgan fingerprint density at radius 3 is 2.75 bits per heavy atom. The SMILES string of the molecule is NCCCc1cc(Br)c(F)c([N+](=O)[O-])c1O. The summed E-state index contributed by atoms with van der Waals surface area (Å²) in [7, 11) is 0. The topological polar surface area (TPSA) is 89.4 Å². The van der Waals surface area contributed by atoms with Crippen LogP contribution in [0.4, 0.5) is 10.1 Å². The van der Waals surface area contributed by atoms with E-state index in [2.05, 4.69) is 15.9 Å². The fourth-order valence-electron chi connectivity index (χ4n) is 1.30. The molecule has 0 aliphatic rings. The molecule has 1 rings (SSSR count). The lowest BCUT2D eigenvalue weighted by Crippen LogP contribution is -2.02. The monoisotopic (exact) mass is 292 g/mol. The maximum absolute atomic E-state index is 13.3. The van der Waals surface area contributed by atoms with Gasteiger partial charge in [0, 0.05) is 5.56 Å². The number of rotatable bonds is 4. The van der Waals surface area contributed by atoms with Gasteiger partial charge in [-0.05, 0) is 41.4 Å². The molecule has 1 aromatic rings. The highest BCUT2D eigenvalue weighted by molar-refractivity contribution is 9.10. The first-order valence-corrected chi connectivity index (χ1v) is 5.32. The lowest BCUT2D eigenvalue weighted by molar-refractivity contribution is -0.388. The van der Waals surface area contributed by atoms with Gasteiger partial charge in [0.05, 0.1) is 9.40 Å². The van der Waals surface area contributed by atoms with Crippen LogP contribution in [0.5, 0.6) is 5.75 Å². The van der Waals surface area contributed by atoms with Crippen LogP contribution in [0.2, 0.25) is 0 Å². The van der Waals surface area contributed by atoms with Gasteiger partial charge in [0.15, 0.2) is 0 Å². The maximum atomic E-state index is 13.3. The van der Waals surface area contributed by atoms with E-state index in [1.165, 1.54) is 6.07 Å². The number of nitrogens with zero attached hydrogens (tertiary/aromatic N) is 1. The summed E-state index contributed by atoms with van der Waals surface area (Å²) in [5.74, 6) is -1.70. The Hall–Kier alpha value is -1.21. The van der Waals surface area contributed by atoms with Crippen molar-refractivity contribution in [1.29, 1.82) is 0 Å². The van der Waals surface area contributed by atoms with Crippen molar-refractivity contribution >= 4 is 21.6 Å². The van der Waals surface area contributed by atoms with E-state index < -0.39 is 22.2 Å². The van der Waals surface area contributed by atoms with Crippen molar-refractivity contribution in [1.82, 2.24) is 0 Å². The number of phenols is 1. The fraction of sp³-hybridized carbons (Fsp3) is 0.333. The summed E-state index contributed by atoms with van der Waals surface area (Å²) in [4.78, 5) is 9.64. The van der Waals surface area contributed by atoms with Gasteiger partial charge in [-0.1, -0.05) is 0 Å². The average Bonchev–Trinajstić information content (AvgIpc) is 2.21. The molecule has 0 atom stereocenters. The minimum absolute atomic E-state index is 0.0379. The van der Waals surface area contributed by atoms with Gasteiger partial charge >= 0.3 is 5.69 Å². The highest BCUT2D eigenvalue weighted by Gasteiger charge is 2.25. The molecule has 0 aromatic heterocycles. The molecule has 0 heterocycles. The first-order valence-electron chi connectivity index (χ1n) is 4.53. The number of aromatic hydroxyl groups is 1. The quantitative estimate of drug-likeness (QED) is 0.657. The predicted molar refractivity (Wildman–Crippen MR) is 59.8 cm³/mol. The zero-order valence-electron chi connectivity index (χ0n) is 8.24. The normalized spacial score (nSPS) is 10.4. The molecule has 0 bridgehead atoms. The molecule has 0 radical (unpaired) electrons. The third kappa shape index (κ3) is 2.48. The number of hydrogen-bond acceptors (Lipinski definition) is 4. The van der Waals surface area contributed by atoms with E-state index in [0.29, 0.717) is 24.9 Å². The minimum atomic E-state index is -1.07. The van der Waals surface area contributed by atoms with Gasteiger partial charge in [0.1, 0.15) is 0 Å². The summed E-state index contributed by atoms with van der Waals surface area (Å²) in [5.41, 5.74) is 4.70. The summed E-state index contributed by atoms with van der Waals surface area (Å²) in [6.07, 6.45) is 0.921. The van der Waals surface area contributed by atoms with Crippen molar-refractivity contribution in [2.75, 3.05) is 6.54 Å². The van der Waals surface area contributed by atoms with Crippen LogP contribution >= 0.6 is 15.9 Å². The van der Waals surface area contributed by atoms with E-state index in [9.17, 15) is 19.6 Å². The molecule has 0 saturated heterocycles. The van der Waals surface area contributed by atoms with E-state index in [4.69, 9.17) is 5.73 Å². The molecule has 1 aromatic carbocycles. The Kier molecular flexibility index (Phi) is 4.19. The molecule has 0 amide bonds. The van der Waals surface area contributed by atoms with E-state index in [0.717, 1.165) is 0 Å². The Morgan fingerprint density at radius 1 is 1.62 bits per heavy atom. The second kappa shape index (κ2) is 5.22. The van der Waals surface area contributed by atoms with Crippen LogP contribution in [0.1, 0.15) is 12.0 Å². The Labute approximate surface area is 99.3 Å². The Morgan fingerprint density at radius 2 is 2.25 bits per heavy atom. The largest absolute Gasteiger partial charge is 0.502 e. The smallest absolute Gasteiger partial charge is 0.347 e. The zero-order valence-corrected chi connectivity index (χ0v) is 9.83. The lowest BCUT2D eigenvalue weighted by atomic mass is 10.1. The molecular weight excluding hydrogens is 283 g/mol. The van der Waals surface area contributed by atoms with Gasteiger partial charge in [0.25, 0.3) is 0 Å². The molecule has 3 N–H and O–H groups in total. The van der Waals surface area contributed by atoms with Crippen LogP contribution < -0.4 is 5.73 Å². The summed E-state index contributed by atoms with van der Waals surface area (Å²) >= 11 is 2.87. The van der Waals surface area contributed by atoms with E-state index >= 15 is 0 Å². The maximum Gasteiger partial charge on any atom is 0.347 e. The zero-order chi connectivity index (χ0) is 12.3. The van der Waals surface area contributed by atoms with Gasteiger partial charge in [-0.2, -0.15) is 4.39 Å². The first kappa shape index (κ1) is 12.9. The molecule has 0 spiro atoms. The molecule has 16 heavy (non-hydrogen) atoms. The van der Waals surface area contributed by atoms with Gasteiger partial charge in [-0.15, -0.1) is 0 Å². The molecule has 0 fully saturated rings. The number of nitro groups is 1. The highest BCUT2D eigenvalue weighted by Crippen LogP contribution is 2.37. The van der Waals surface area contributed by atoms with Crippen molar-refractivity contribution in [2.24, 2.45) is 5.73 Å². The molecule has 5 nitrogen and oxygen atoms in total. The van der Waals surface area contributed by atoms with Gasteiger partial charge in [-0.25, -0.2) is 0 Å². The molecule has 0 unspecified atom stereocenters. The number of hydrogen-bond donors (Lipinski definition) is 2. The predicted octanol–water partition coefficient (Wildman–Crippen LogP) is 2.09. The third-order valence-electron chi connectivity index (χ3n) is 2.08. The molecule has 0 saturated carbocycles. The fourth-order valence-corrected chi connectivity index (χ4v) is 1.77. The summed E-state index contributed by atoms with van der Waals surface area (Å²) < 4.78 is 13.3. The van der Waals surface area contributed by atoms with Crippen LogP contribution in [0.3, 0.4) is 0 Å². The highest BCUT2D eigenvalue weighted by atomic mass is 79.9. The minimum Gasteiger partial charge on any atom is -0.502 e. The van der Waals surface area contributed by atoms with Crippen LogP contribution in [0, 0.1) is 15.9 Å². The van der Waals surface area contributed by atoms with Gasteiger partial charge < -0.3 is 10.8 Å². The van der Waals surface area contributed by atoms with Crippen LogP contribution in [0.15, 0.2) is 10.5 Å². The van der Waals surface area contributed by atoms with Crippen molar-refractivity contribution in [2.45, 2.75) is 12.8 Å². The van der Waals surface area contributed by atoms with Crippen LogP contribution in [-0.2, 0) is 6.42 Å². The van der Waals surface area contributed by atoms with Gasteiger partial charge in [-0.3, -0.25) is 10.1 Å². The van der Waals surface area contributed by atoms with E-state index in [-0.39, 0.29) is 4.47 Å². The van der Waals surface area contributed by atoms with Crippen molar-refractivity contribution in [3.05, 3.63) is 32.0 Å². The number of nitro benzene ring substituents is 1. The molecule has 7 heteroatoms. The Balaban J connectivity index is 3.27. The van der Waals surface area contributed by atoms with Crippen LogP contribution in [0.25, 0.3) is 0 Å². The standard InChI is InChI=1S/C9H10BrFN2O3/c10-6-4-5(2-1-3-12)9(14)8(7(6)11)13(15)16/h4,14H,1-3,12H2. The van der Waals surface area contributed by atoms with Crippen LogP contribution in [-0.4, -0.2) is 16.6 Å². The molecule has 88 valence electrons. The van der Waals surface area contributed by atoms with Crippen molar-refractivity contribution in [3.63, 3.8) is 0 Å². The summed E-state index contributed by atoms with van der Waals surface area (Å²) in [6, 6.07) is 1.33. The number of benzene rings is 1. The molecule has 0 aliphatic carbocycles. The number of nitrogens with two attached hydrogens (primary N) is 1. The van der Waals surface area contributed by atoms with E-state index in [1.807, 2.05) is 0 Å². The second-order valence-corrected chi connectivity index (χ2v) is 4.03. The number of halogens is 2. The van der Waals surface area contributed by atoms with E-state index in [1.54, 1.807) is 0 Å². The van der Waals surface area contributed by atoms with Crippen molar-refractivity contribution in [3.8, 4) is 5.75 Å². The Bertz CT molecular complexity index is 426. The summed E-state index contributed by atoms with van der Waals surface area (Å²) in [6.45, 7) is 0.391. The second-order valence-electron chi connectivity index (χ2n) is 3.18. The average molecular weight is 293 g/mol. The number of phenolic OH excluding ortho intramolecular Hbond substituents is 1.